The van der Waals surface area contributed by atoms with Gasteiger partial charge in [-0.1, -0.05) is 78.8 Å². The van der Waals surface area contributed by atoms with Gasteiger partial charge in [-0.15, -0.1) is 0 Å². The average Bonchev–Trinajstić information content (AvgIpc) is 2.75. The highest BCUT2D eigenvalue weighted by molar-refractivity contribution is 5.92. The van der Waals surface area contributed by atoms with E-state index >= 15 is 0 Å². The SMILES string of the molecule is CC(C)C[C@H](NC(=O)OCc1ccccc1)C(=O)N[C@@H](CC(C)C)C(=O)N[C@H](C=O)CC(C)(C)C. The first-order valence-electron chi connectivity index (χ1n) is 12.3. The van der Waals surface area contributed by atoms with Gasteiger partial charge in [-0.2, -0.15) is 0 Å². The first-order chi connectivity index (χ1) is 16.3. The van der Waals surface area contributed by atoms with Gasteiger partial charge in [-0.05, 0) is 42.1 Å². The Morgan fingerprint density at radius 3 is 1.86 bits per heavy atom. The van der Waals surface area contributed by atoms with E-state index in [1.165, 1.54) is 0 Å². The zero-order chi connectivity index (χ0) is 26.6. The zero-order valence-corrected chi connectivity index (χ0v) is 22.2. The molecule has 196 valence electrons. The summed E-state index contributed by atoms with van der Waals surface area (Å²) in [5.74, 6) is -0.641. The van der Waals surface area contributed by atoms with Gasteiger partial charge < -0.3 is 25.5 Å². The van der Waals surface area contributed by atoms with Crippen LogP contribution in [0.1, 0.15) is 73.3 Å². The highest BCUT2D eigenvalue weighted by atomic mass is 16.5. The van der Waals surface area contributed by atoms with Crippen LogP contribution in [0.3, 0.4) is 0 Å². The molecule has 0 aliphatic carbocycles. The molecule has 0 aromatic heterocycles. The lowest BCUT2D eigenvalue weighted by atomic mass is 9.88. The van der Waals surface area contributed by atoms with Gasteiger partial charge in [0.1, 0.15) is 25.0 Å². The Morgan fingerprint density at radius 2 is 1.37 bits per heavy atom. The van der Waals surface area contributed by atoms with Crippen LogP contribution in [0.4, 0.5) is 4.79 Å². The van der Waals surface area contributed by atoms with Gasteiger partial charge in [0.2, 0.25) is 11.8 Å². The number of aldehydes is 1. The van der Waals surface area contributed by atoms with Crippen LogP contribution >= 0.6 is 0 Å². The maximum absolute atomic E-state index is 13.1. The Kier molecular flexibility index (Phi) is 12.5. The predicted molar refractivity (Wildman–Crippen MR) is 136 cm³/mol. The van der Waals surface area contributed by atoms with Gasteiger partial charge in [0.05, 0.1) is 6.04 Å². The summed E-state index contributed by atoms with van der Waals surface area (Å²) in [5.41, 5.74) is 0.684. The zero-order valence-electron chi connectivity index (χ0n) is 22.2. The van der Waals surface area contributed by atoms with Gasteiger partial charge in [0.15, 0.2) is 0 Å². The molecule has 1 rings (SSSR count). The molecule has 0 heterocycles. The molecule has 0 spiro atoms. The molecule has 8 heteroatoms. The van der Waals surface area contributed by atoms with E-state index in [1.807, 2.05) is 78.8 Å². The lowest BCUT2D eigenvalue weighted by Crippen LogP contribution is -2.56. The lowest BCUT2D eigenvalue weighted by molar-refractivity contribution is -0.131. The quantitative estimate of drug-likeness (QED) is 0.363. The standard InChI is InChI=1S/C27H43N3O5/c1-18(2)13-22(24(32)28-21(16-31)15-27(5,6)7)29-25(33)23(14-19(3)4)30-26(34)35-17-20-11-9-8-10-12-20/h8-12,16,18-19,21-23H,13-15,17H2,1-7H3,(H,28,32)(H,29,33)(H,30,34)/t21-,22-,23-/m0/s1. The summed E-state index contributed by atoms with van der Waals surface area (Å²) in [6.45, 7) is 13.8. The minimum Gasteiger partial charge on any atom is -0.445 e. The van der Waals surface area contributed by atoms with E-state index < -0.39 is 36.0 Å². The Hall–Kier alpha value is -2.90. The molecular weight excluding hydrogens is 446 g/mol. The van der Waals surface area contributed by atoms with Gasteiger partial charge in [0, 0.05) is 0 Å². The fraction of sp³-hybridized carbons (Fsp3) is 0.630. The average molecular weight is 490 g/mol. The molecule has 35 heavy (non-hydrogen) atoms. The molecule has 0 aliphatic rings. The maximum atomic E-state index is 13.1. The van der Waals surface area contributed by atoms with Crippen LogP contribution in [0.5, 0.6) is 0 Å². The Morgan fingerprint density at radius 1 is 0.857 bits per heavy atom. The van der Waals surface area contributed by atoms with E-state index in [1.54, 1.807) is 0 Å². The smallest absolute Gasteiger partial charge is 0.408 e. The van der Waals surface area contributed by atoms with E-state index in [2.05, 4.69) is 16.0 Å². The third kappa shape index (κ3) is 12.9. The molecule has 3 atom stereocenters. The molecule has 1 aromatic rings. The topological polar surface area (TPSA) is 114 Å². The van der Waals surface area contributed by atoms with Crippen molar-refractivity contribution in [1.29, 1.82) is 0 Å². The van der Waals surface area contributed by atoms with Crippen molar-refractivity contribution in [2.24, 2.45) is 17.3 Å². The first kappa shape index (κ1) is 30.1. The number of nitrogens with one attached hydrogen (secondary N) is 3. The largest absolute Gasteiger partial charge is 0.445 e. The summed E-state index contributed by atoms with van der Waals surface area (Å²) >= 11 is 0. The third-order valence-electron chi connectivity index (χ3n) is 5.19. The van der Waals surface area contributed by atoms with E-state index in [4.69, 9.17) is 4.74 Å². The number of benzene rings is 1. The van der Waals surface area contributed by atoms with Crippen molar-refractivity contribution in [3.63, 3.8) is 0 Å². The Labute approximate surface area is 210 Å². The molecular formula is C27H43N3O5. The molecule has 3 N–H and O–H groups in total. The molecule has 0 saturated carbocycles. The highest BCUT2D eigenvalue weighted by Crippen LogP contribution is 2.20. The van der Waals surface area contributed by atoms with Crippen molar-refractivity contribution < 1.29 is 23.9 Å². The van der Waals surface area contributed by atoms with E-state index in [0.717, 1.165) is 11.8 Å². The van der Waals surface area contributed by atoms with E-state index in [-0.39, 0.29) is 23.9 Å². The number of carbonyl (C=O) groups excluding carboxylic acids is 4. The summed E-state index contributed by atoms with van der Waals surface area (Å²) in [7, 11) is 0. The number of hydrogen-bond donors (Lipinski definition) is 3. The summed E-state index contributed by atoms with van der Waals surface area (Å²) < 4.78 is 5.27. The number of hydrogen-bond acceptors (Lipinski definition) is 5. The Bertz CT molecular complexity index is 818. The molecule has 8 nitrogen and oxygen atoms in total. The molecule has 0 bridgehead atoms. The number of rotatable bonds is 13. The summed E-state index contributed by atoms with van der Waals surface area (Å²) in [5, 5.41) is 8.19. The van der Waals surface area contributed by atoms with Crippen molar-refractivity contribution >= 4 is 24.2 Å². The van der Waals surface area contributed by atoms with Crippen molar-refractivity contribution in [2.75, 3.05) is 0 Å². The first-order valence-corrected chi connectivity index (χ1v) is 12.3. The van der Waals surface area contributed by atoms with Crippen LogP contribution in [-0.2, 0) is 25.7 Å². The Balaban J connectivity index is 2.87. The van der Waals surface area contributed by atoms with Crippen LogP contribution in [0.15, 0.2) is 30.3 Å². The number of alkyl carbamates (subject to hydrolysis) is 1. The van der Waals surface area contributed by atoms with E-state index in [9.17, 15) is 19.2 Å². The van der Waals surface area contributed by atoms with Gasteiger partial charge in [-0.3, -0.25) is 9.59 Å². The van der Waals surface area contributed by atoms with Crippen LogP contribution in [0, 0.1) is 17.3 Å². The normalized spacial score (nSPS) is 14.1. The monoisotopic (exact) mass is 489 g/mol. The molecule has 0 fully saturated rings. The summed E-state index contributed by atoms with van der Waals surface area (Å²) in [4.78, 5) is 50.1. The second kappa shape index (κ2) is 14.5. The number of carbonyl (C=O) groups is 4. The predicted octanol–water partition coefficient (Wildman–Crippen LogP) is 3.98. The third-order valence-corrected chi connectivity index (χ3v) is 5.19. The van der Waals surface area contributed by atoms with Crippen molar-refractivity contribution in [1.82, 2.24) is 16.0 Å². The second-order valence-electron chi connectivity index (χ2n) is 11.1. The van der Waals surface area contributed by atoms with Gasteiger partial charge in [-0.25, -0.2) is 4.79 Å². The maximum Gasteiger partial charge on any atom is 0.408 e. The molecule has 0 radical (unpaired) electrons. The van der Waals surface area contributed by atoms with Crippen LogP contribution in [0.25, 0.3) is 0 Å². The summed E-state index contributed by atoms with van der Waals surface area (Å²) in [6.07, 6.45) is 1.28. The van der Waals surface area contributed by atoms with Crippen molar-refractivity contribution in [2.45, 2.75) is 92.5 Å². The summed E-state index contributed by atoms with van der Waals surface area (Å²) in [6, 6.07) is 6.91. The molecule has 3 amide bonds. The molecule has 0 saturated heterocycles. The molecule has 1 aromatic carbocycles. The fourth-order valence-electron chi connectivity index (χ4n) is 3.66. The number of amides is 3. The van der Waals surface area contributed by atoms with Crippen molar-refractivity contribution in [3.8, 4) is 0 Å². The minimum atomic E-state index is -0.864. The van der Waals surface area contributed by atoms with E-state index in [0.29, 0.717) is 19.3 Å². The van der Waals surface area contributed by atoms with Gasteiger partial charge >= 0.3 is 6.09 Å². The van der Waals surface area contributed by atoms with Crippen LogP contribution in [0.2, 0.25) is 0 Å². The van der Waals surface area contributed by atoms with Gasteiger partial charge in [0.25, 0.3) is 0 Å². The molecule has 0 unspecified atom stereocenters. The molecule has 0 aliphatic heterocycles. The second-order valence-corrected chi connectivity index (χ2v) is 11.1. The van der Waals surface area contributed by atoms with Crippen LogP contribution in [-0.4, -0.2) is 42.3 Å². The number of ether oxygens (including phenoxy) is 1. The highest BCUT2D eigenvalue weighted by Gasteiger charge is 2.30. The van der Waals surface area contributed by atoms with Crippen LogP contribution < -0.4 is 16.0 Å². The minimum absolute atomic E-state index is 0.0852. The fourth-order valence-corrected chi connectivity index (χ4v) is 3.66. The van der Waals surface area contributed by atoms with Crippen molar-refractivity contribution in [3.05, 3.63) is 35.9 Å². The lowest BCUT2D eigenvalue weighted by Gasteiger charge is -2.27.